The molecule has 4 heteroatoms. The summed E-state index contributed by atoms with van der Waals surface area (Å²) in [6.45, 7) is 22.8. The minimum absolute atomic E-state index is 0.209. The number of amides is 1. The quantitative estimate of drug-likeness (QED) is 0.255. The molecule has 0 atom stereocenters. The normalized spacial score (nSPS) is 16.7. The van der Waals surface area contributed by atoms with Crippen LogP contribution in [0.15, 0.2) is 5.16 Å². The lowest BCUT2D eigenvalue weighted by atomic mass is 9.75. The van der Waals surface area contributed by atoms with Crippen molar-refractivity contribution in [3.8, 4) is 0 Å². The van der Waals surface area contributed by atoms with Crippen molar-refractivity contribution < 1.29 is 9.63 Å². The fourth-order valence-corrected chi connectivity index (χ4v) is 4.08. The van der Waals surface area contributed by atoms with Crippen LogP contribution in [0.25, 0.3) is 0 Å². The van der Waals surface area contributed by atoms with Gasteiger partial charge in [0, 0.05) is 19.5 Å². The molecule has 4 nitrogen and oxygen atoms in total. The predicted octanol–water partition coefficient (Wildman–Crippen LogP) is 6.69. The number of hydrogen-bond acceptors (Lipinski definition) is 3. The standard InChI is InChI=1S/C25H48N2O2/c1-23(2,3)18-21(19-24(4,5)6)26-29-17-11-10-12-22(28)27-15-13-20(14-16-27)25(7,8)9/h20H,10-19H2,1-9H3. The van der Waals surface area contributed by atoms with Crippen molar-refractivity contribution in [2.75, 3.05) is 19.7 Å². The molecular formula is C25H48N2O2. The number of hydrogen-bond donors (Lipinski definition) is 0. The lowest BCUT2D eigenvalue weighted by Crippen LogP contribution is -2.41. The Kier molecular flexibility index (Phi) is 9.69. The van der Waals surface area contributed by atoms with Gasteiger partial charge in [0.2, 0.25) is 5.91 Å². The molecule has 1 aliphatic heterocycles. The van der Waals surface area contributed by atoms with Crippen LogP contribution in [0.5, 0.6) is 0 Å². The molecule has 0 N–H and O–H groups in total. The number of likely N-dealkylation sites (tertiary alicyclic amines) is 1. The molecular weight excluding hydrogens is 360 g/mol. The average molecular weight is 409 g/mol. The molecule has 0 saturated carbocycles. The van der Waals surface area contributed by atoms with E-state index in [2.05, 4.69) is 72.4 Å². The molecule has 0 bridgehead atoms. The topological polar surface area (TPSA) is 41.9 Å². The Morgan fingerprint density at radius 1 is 0.897 bits per heavy atom. The first kappa shape index (κ1) is 26.0. The van der Waals surface area contributed by atoms with Crippen molar-refractivity contribution in [1.29, 1.82) is 0 Å². The Morgan fingerprint density at radius 2 is 1.41 bits per heavy atom. The maximum absolute atomic E-state index is 12.5. The van der Waals surface area contributed by atoms with Crippen LogP contribution in [0.2, 0.25) is 0 Å². The molecule has 1 heterocycles. The number of oxime groups is 1. The molecule has 1 amide bonds. The van der Waals surface area contributed by atoms with Gasteiger partial charge in [0.1, 0.15) is 6.61 Å². The van der Waals surface area contributed by atoms with Gasteiger partial charge in [-0.25, -0.2) is 0 Å². The fourth-order valence-electron chi connectivity index (χ4n) is 4.08. The second-order valence-corrected chi connectivity index (χ2v) is 12.4. The molecule has 1 fully saturated rings. The van der Waals surface area contributed by atoms with E-state index in [9.17, 15) is 4.79 Å². The van der Waals surface area contributed by atoms with Crippen molar-refractivity contribution >= 4 is 11.6 Å². The second-order valence-electron chi connectivity index (χ2n) is 12.4. The van der Waals surface area contributed by atoms with Crippen molar-refractivity contribution in [3.63, 3.8) is 0 Å². The minimum Gasteiger partial charge on any atom is -0.396 e. The Morgan fingerprint density at radius 3 is 1.86 bits per heavy atom. The number of carbonyl (C=O) groups excluding carboxylic acids is 1. The van der Waals surface area contributed by atoms with E-state index in [1.54, 1.807) is 0 Å². The first-order chi connectivity index (χ1) is 13.2. The van der Waals surface area contributed by atoms with E-state index in [-0.39, 0.29) is 10.8 Å². The number of piperidine rings is 1. The molecule has 0 spiro atoms. The van der Waals surface area contributed by atoms with E-state index >= 15 is 0 Å². The smallest absolute Gasteiger partial charge is 0.222 e. The maximum Gasteiger partial charge on any atom is 0.222 e. The molecule has 0 aromatic rings. The van der Waals surface area contributed by atoms with Crippen molar-refractivity contribution in [1.82, 2.24) is 4.90 Å². The lowest BCUT2D eigenvalue weighted by molar-refractivity contribution is -0.133. The third-order valence-corrected chi connectivity index (χ3v) is 5.61. The predicted molar refractivity (Wildman–Crippen MR) is 124 cm³/mol. The van der Waals surface area contributed by atoms with Crippen LogP contribution in [0.4, 0.5) is 0 Å². The van der Waals surface area contributed by atoms with Crippen LogP contribution in [-0.4, -0.2) is 36.2 Å². The van der Waals surface area contributed by atoms with Crippen LogP contribution in [-0.2, 0) is 9.63 Å². The lowest BCUT2D eigenvalue weighted by Gasteiger charge is -2.38. The summed E-state index contributed by atoms with van der Waals surface area (Å²) in [5.74, 6) is 1.04. The largest absolute Gasteiger partial charge is 0.396 e. The van der Waals surface area contributed by atoms with Gasteiger partial charge in [0.15, 0.2) is 0 Å². The van der Waals surface area contributed by atoms with Gasteiger partial charge in [-0.1, -0.05) is 67.5 Å². The minimum atomic E-state index is 0.209. The molecule has 0 unspecified atom stereocenters. The van der Waals surface area contributed by atoms with E-state index in [0.717, 1.165) is 63.2 Å². The highest BCUT2D eigenvalue weighted by molar-refractivity contribution is 5.85. The Balaban J connectivity index is 2.31. The van der Waals surface area contributed by atoms with Crippen LogP contribution >= 0.6 is 0 Å². The summed E-state index contributed by atoms with van der Waals surface area (Å²) in [5, 5.41) is 4.45. The first-order valence-corrected chi connectivity index (χ1v) is 11.6. The molecule has 0 aromatic heterocycles. The molecule has 0 aromatic carbocycles. The third kappa shape index (κ3) is 11.6. The summed E-state index contributed by atoms with van der Waals surface area (Å²) < 4.78 is 0. The van der Waals surface area contributed by atoms with Gasteiger partial charge in [-0.15, -0.1) is 0 Å². The van der Waals surface area contributed by atoms with Gasteiger partial charge in [0.25, 0.3) is 0 Å². The number of nitrogens with zero attached hydrogens (tertiary/aromatic N) is 2. The van der Waals surface area contributed by atoms with E-state index in [1.807, 2.05) is 0 Å². The Hall–Kier alpha value is -1.06. The van der Waals surface area contributed by atoms with E-state index in [4.69, 9.17) is 4.84 Å². The molecule has 1 rings (SSSR count). The van der Waals surface area contributed by atoms with Crippen molar-refractivity contribution in [3.05, 3.63) is 0 Å². The zero-order valence-corrected chi connectivity index (χ0v) is 20.9. The summed E-state index contributed by atoms with van der Waals surface area (Å²) in [7, 11) is 0. The highest BCUT2D eigenvalue weighted by Crippen LogP contribution is 2.34. The highest BCUT2D eigenvalue weighted by Gasteiger charge is 2.30. The first-order valence-electron chi connectivity index (χ1n) is 11.6. The van der Waals surface area contributed by atoms with Gasteiger partial charge in [-0.05, 0) is 60.7 Å². The summed E-state index contributed by atoms with van der Waals surface area (Å²) in [6.07, 6.45) is 6.56. The third-order valence-electron chi connectivity index (χ3n) is 5.61. The Labute approximate surface area is 180 Å². The maximum atomic E-state index is 12.5. The number of carbonyl (C=O) groups is 1. The van der Waals surface area contributed by atoms with E-state index in [0.29, 0.717) is 24.3 Å². The van der Waals surface area contributed by atoms with Gasteiger partial charge < -0.3 is 9.74 Å². The van der Waals surface area contributed by atoms with Gasteiger partial charge in [0.05, 0.1) is 5.71 Å². The van der Waals surface area contributed by atoms with Crippen LogP contribution in [0.1, 0.15) is 107 Å². The van der Waals surface area contributed by atoms with Crippen LogP contribution in [0.3, 0.4) is 0 Å². The Bertz CT molecular complexity index is 506. The van der Waals surface area contributed by atoms with Gasteiger partial charge in [-0.2, -0.15) is 0 Å². The molecule has 0 aliphatic carbocycles. The highest BCUT2D eigenvalue weighted by atomic mass is 16.6. The number of unbranched alkanes of at least 4 members (excludes halogenated alkanes) is 1. The second kappa shape index (κ2) is 10.8. The summed E-state index contributed by atoms with van der Waals surface area (Å²) in [5.41, 5.74) is 1.91. The summed E-state index contributed by atoms with van der Waals surface area (Å²) in [4.78, 5) is 20.2. The van der Waals surface area contributed by atoms with E-state index < -0.39 is 0 Å². The summed E-state index contributed by atoms with van der Waals surface area (Å²) >= 11 is 0. The molecule has 1 aliphatic rings. The molecule has 29 heavy (non-hydrogen) atoms. The van der Waals surface area contributed by atoms with Crippen molar-refractivity contribution in [2.45, 2.75) is 107 Å². The SMILES string of the molecule is CC(C)(C)CC(CC(C)(C)C)=NOCCCCC(=O)N1CCC(C(C)(C)C)CC1. The monoisotopic (exact) mass is 408 g/mol. The van der Waals surface area contributed by atoms with E-state index in [1.165, 1.54) is 0 Å². The molecule has 0 radical (unpaired) electrons. The van der Waals surface area contributed by atoms with Gasteiger partial charge in [-0.3, -0.25) is 4.79 Å². The molecule has 170 valence electrons. The van der Waals surface area contributed by atoms with Crippen LogP contribution in [0, 0.1) is 22.2 Å². The van der Waals surface area contributed by atoms with Crippen LogP contribution < -0.4 is 0 Å². The zero-order valence-electron chi connectivity index (χ0n) is 20.9. The van der Waals surface area contributed by atoms with Gasteiger partial charge >= 0.3 is 0 Å². The zero-order chi connectivity index (χ0) is 22.3. The molecule has 1 saturated heterocycles. The fraction of sp³-hybridized carbons (Fsp3) is 0.920. The average Bonchev–Trinajstić information content (AvgIpc) is 2.54. The number of rotatable bonds is 8. The summed E-state index contributed by atoms with van der Waals surface area (Å²) in [6, 6.07) is 0. The van der Waals surface area contributed by atoms with Crippen molar-refractivity contribution in [2.24, 2.45) is 27.3 Å².